The molecule has 0 unspecified atom stereocenters. The second kappa shape index (κ2) is 14.4. The molecule has 0 spiro atoms. The first-order valence-corrected chi connectivity index (χ1v) is 14.2. The van der Waals surface area contributed by atoms with Gasteiger partial charge in [0.1, 0.15) is 11.6 Å². The molecule has 0 aliphatic carbocycles. The summed E-state index contributed by atoms with van der Waals surface area (Å²) in [6.45, 7) is 0.635. The van der Waals surface area contributed by atoms with Gasteiger partial charge in [-0.2, -0.15) is 0 Å². The summed E-state index contributed by atoms with van der Waals surface area (Å²) in [5.41, 5.74) is 3.24. The number of carbonyl (C=O) groups excluding carboxylic acids is 1. The van der Waals surface area contributed by atoms with Crippen LogP contribution in [0.1, 0.15) is 29.8 Å². The number of rotatable bonds is 14. The predicted octanol–water partition coefficient (Wildman–Crippen LogP) is 5.46. The van der Waals surface area contributed by atoms with Gasteiger partial charge in [0.25, 0.3) is 0 Å². The highest BCUT2D eigenvalue weighted by atomic mass is 32.2. The minimum atomic E-state index is 0.127. The van der Waals surface area contributed by atoms with Crippen molar-refractivity contribution in [2.75, 3.05) is 40.7 Å². The smallest absolute Gasteiger partial charge is 0.222 e. The van der Waals surface area contributed by atoms with E-state index in [1.807, 2.05) is 67.7 Å². The first-order chi connectivity index (χ1) is 19.5. The molecule has 210 valence electrons. The summed E-state index contributed by atoms with van der Waals surface area (Å²) in [7, 11) is 6.75. The Hall–Kier alpha value is -3.98. The van der Waals surface area contributed by atoms with E-state index < -0.39 is 0 Å². The molecule has 9 heteroatoms. The van der Waals surface area contributed by atoms with E-state index in [4.69, 9.17) is 14.2 Å². The van der Waals surface area contributed by atoms with Gasteiger partial charge in [-0.3, -0.25) is 9.36 Å². The van der Waals surface area contributed by atoms with Crippen LogP contribution in [0, 0.1) is 0 Å². The van der Waals surface area contributed by atoms with Crippen molar-refractivity contribution < 1.29 is 19.0 Å². The van der Waals surface area contributed by atoms with Gasteiger partial charge in [0.15, 0.2) is 16.7 Å². The van der Waals surface area contributed by atoms with Gasteiger partial charge in [0.2, 0.25) is 5.91 Å². The van der Waals surface area contributed by atoms with E-state index in [0.29, 0.717) is 30.9 Å². The minimum Gasteiger partial charge on any atom is -0.497 e. The average molecular weight is 561 g/mol. The van der Waals surface area contributed by atoms with Gasteiger partial charge in [-0.25, -0.2) is 0 Å². The zero-order valence-corrected chi connectivity index (χ0v) is 24.3. The Bertz CT molecular complexity index is 1380. The van der Waals surface area contributed by atoms with Gasteiger partial charge in [0.05, 0.1) is 21.3 Å². The lowest BCUT2D eigenvalue weighted by atomic mass is 10.1. The molecular formula is C31H36N4O4S. The van der Waals surface area contributed by atoms with E-state index in [1.54, 1.807) is 38.0 Å². The number of hydrogen-bond acceptors (Lipinski definition) is 7. The lowest BCUT2D eigenvalue weighted by Gasteiger charge is -2.18. The van der Waals surface area contributed by atoms with Crippen LogP contribution >= 0.6 is 11.8 Å². The van der Waals surface area contributed by atoms with Gasteiger partial charge in [-0.1, -0.05) is 48.2 Å². The number of thioether (sulfide) groups is 1. The number of benzene rings is 3. The number of amides is 1. The van der Waals surface area contributed by atoms with Gasteiger partial charge >= 0.3 is 0 Å². The van der Waals surface area contributed by atoms with Crippen molar-refractivity contribution in [2.24, 2.45) is 0 Å². The molecule has 3 aromatic carbocycles. The molecule has 0 saturated carbocycles. The molecule has 0 N–H and O–H groups in total. The zero-order chi connectivity index (χ0) is 28.3. The highest BCUT2D eigenvalue weighted by Gasteiger charge is 2.16. The molecule has 8 nitrogen and oxygen atoms in total. The molecule has 0 aliphatic heterocycles. The van der Waals surface area contributed by atoms with Crippen molar-refractivity contribution in [3.8, 4) is 22.9 Å². The standard InChI is InChI=1S/C31H36N4O4S/c1-34(19-18-24-12-17-27(38-3)28(21-24)39-4)30(36)11-8-20-40-31-33-32-29(22-23-9-6-5-7-10-23)35(31)25-13-15-26(37-2)16-14-25/h5-7,9-10,12-17,21H,8,11,18-20,22H2,1-4H3. The molecular weight excluding hydrogens is 524 g/mol. The Labute approximate surface area is 240 Å². The van der Waals surface area contributed by atoms with Gasteiger partial charge in [-0.05, 0) is 60.4 Å². The third kappa shape index (κ3) is 7.57. The van der Waals surface area contributed by atoms with E-state index in [-0.39, 0.29) is 5.91 Å². The first-order valence-electron chi connectivity index (χ1n) is 13.2. The van der Waals surface area contributed by atoms with Crippen molar-refractivity contribution in [1.29, 1.82) is 0 Å². The van der Waals surface area contributed by atoms with Crippen LogP contribution in [0.2, 0.25) is 0 Å². The van der Waals surface area contributed by atoms with Crippen LogP contribution in [-0.4, -0.2) is 66.2 Å². The third-order valence-electron chi connectivity index (χ3n) is 6.61. The second-order valence-electron chi connectivity index (χ2n) is 9.30. The molecule has 0 bridgehead atoms. The van der Waals surface area contributed by atoms with Crippen LogP contribution in [0.3, 0.4) is 0 Å². The van der Waals surface area contributed by atoms with Crippen molar-refractivity contribution >= 4 is 17.7 Å². The fourth-order valence-corrected chi connectivity index (χ4v) is 5.22. The Kier molecular flexibility index (Phi) is 10.5. The van der Waals surface area contributed by atoms with E-state index >= 15 is 0 Å². The molecule has 1 heterocycles. The van der Waals surface area contributed by atoms with Crippen molar-refractivity contribution in [3.05, 3.63) is 89.7 Å². The molecule has 40 heavy (non-hydrogen) atoms. The lowest BCUT2D eigenvalue weighted by molar-refractivity contribution is -0.129. The molecule has 4 aromatic rings. The number of carbonyl (C=O) groups is 1. The van der Waals surface area contributed by atoms with E-state index in [1.165, 1.54) is 5.56 Å². The Morgan fingerprint density at radius 3 is 2.33 bits per heavy atom. The largest absolute Gasteiger partial charge is 0.497 e. The van der Waals surface area contributed by atoms with Crippen molar-refractivity contribution in [2.45, 2.75) is 30.8 Å². The summed E-state index contributed by atoms with van der Waals surface area (Å²) in [5, 5.41) is 9.83. The minimum absolute atomic E-state index is 0.127. The van der Waals surface area contributed by atoms with E-state index in [0.717, 1.165) is 46.6 Å². The quantitative estimate of drug-likeness (QED) is 0.150. The first kappa shape index (κ1) is 29.0. The molecule has 0 fully saturated rings. The number of aromatic nitrogens is 3. The van der Waals surface area contributed by atoms with Crippen LogP contribution in [-0.2, 0) is 17.6 Å². The molecule has 4 rings (SSSR count). The summed E-state index contributed by atoms with van der Waals surface area (Å²) in [6, 6.07) is 24.0. The second-order valence-corrected chi connectivity index (χ2v) is 10.4. The summed E-state index contributed by atoms with van der Waals surface area (Å²) in [4.78, 5) is 14.6. The lowest BCUT2D eigenvalue weighted by Crippen LogP contribution is -2.28. The van der Waals surface area contributed by atoms with Crippen molar-refractivity contribution in [3.63, 3.8) is 0 Å². The third-order valence-corrected chi connectivity index (χ3v) is 7.63. The average Bonchev–Trinajstić information content (AvgIpc) is 3.40. The Balaban J connectivity index is 1.33. The van der Waals surface area contributed by atoms with E-state index in [9.17, 15) is 4.79 Å². The maximum atomic E-state index is 12.8. The summed E-state index contributed by atoms with van der Waals surface area (Å²) in [6.07, 6.45) is 2.63. The van der Waals surface area contributed by atoms with Gasteiger partial charge in [0, 0.05) is 37.9 Å². The maximum Gasteiger partial charge on any atom is 0.222 e. The fraction of sp³-hybridized carbons (Fsp3) is 0.323. The molecule has 0 atom stereocenters. The molecule has 0 radical (unpaired) electrons. The summed E-state index contributed by atoms with van der Waals surface area (Å²) >= 11 is 1.62. The molecule has 0 aliphatic rings. The summed E-state index contributed by atoms with van der Waals surface area (Å²) in [5.74, 6) is 3.94. The number of nitrogens with zero attached hydrogens (tertiary/aromatic N) is 4. The van der Waals surface area contributed by atoms with E-state index in [2.05, 4.69) is 26.9 Å². The van der Waals surface area contributed by atoms with Crippen molar-refractivity contribution in [1.82, 2.24) is 19.7 Å². The maximum absolute atomic E-state index is 12.8. The van der Waals surface area contributed by atoms with Crippen LogP contribution < -0.4 is 14.2 Å². The SMILES string of the molecule is COc1ccc(-n2c(Cc3ccccc3)nnc2SCCCC(=O)N(C)CCc2ccc(OC)c(OC)c2)cc1. The van der Waals surface area contributed by atoms with Gasteiger partial charge < -0.3 is 19.1 Å². The normalized spacial score (nSPS) is 10.8. The van der Waals surface area contributed by atoms with Crippen LogP contribution in [0.25, 0.3) is 5.69 Å². The number of hydrogen-bond donors (Lipinski definition) is 0. The summed E-state index contributed by atoms with van der Waals surface area (Å²) < 4.78 is 18.1. The molecule has 0 saturated heterocycles. The molecule has 1 aromatic heterocycles. The number of methoxy groups -OCH3 is 3. The Morgan fingerprint density at radius 1 is 0.875 bits per heavy atom. The highest BCUT2D eigenvalue weighted by molar-refractivity contribution is 7.99. The van der Waals surface area contributed by atoms with Gasteiger partial charge in [-0.15, -0.1) is 10.2 Å². The fourth-order valence-electron chi connectivity index (χ4n) is 4.31. The predicted molar refractivity (Wildman–Crippen MR) is 158 cm³/mol. The Morgan fingerprint density at radius 2 is 1.62 bits per heavy atom. The van der Waals surface area contributed by atoms with Crippen LogP contribution in [0.4, 0.5) is 0 Å². The molecule has 1 amide bonds. The van der Waals surface area contributed by atoms with Crippen LogP contribution in [0.15, 0.2) is 78.0 Å². The number of likely N-dealkylation sites (N-methyl/N-ethyl adjacent to an activating group) is 1. The zero-order valence-electron chi connectivity index (χ0n) is 23.5. The highest BCUT2D eigenvalue weighted by Crippen LogP contribution is 2.28. The number of ether oxygens (including phenoxy) is 3. The monoisotopic (exact) mass is 560 g/mol. The van der Waals surface area contributed by atoms with Crippen LogP contribution in [0.5, 0.6) is 17.2 Å². The topological polar surface area (TPSA) is 78.7 Å².